The Kier molecular flexibility index (Phi) is 4.12. The van der Waals surface area contributed by atoms with Crippen LogP contribution in [0.4, 0.5) is 17.6 Å². The molecule has 0 saturated carbocycles. The van der Waals surface area contributed by atoms with E-state index >= 15 is 0 Å². The first-order chi connectivity index (χ1) is 7.45. The number of hydrogen-bond acceptors (Lipinski definition) is 2. The van der Waals surface area contributed by atoms with Crippen molar-refractivity contribution in [3.05, 3.63) is 29.8 Å². The molecule has 16 heavy (non-hydrogen) atoms. The Bertz CT molecular complexity index is 326. The van der Waals surface area contributed by atoms with Crippen LogP contribution in [-0.2, 0) is 6.54 Å². The second-order valence-corrected chi connectivity index (χ2v) is 3.14. The summed E-state index contributed by atoms with van der Waals surface area (Å²) in [6.07, 6.45) is -8.30. The second-order valence-electron chi connectivity index (χ2n) is 3.14. The van der Waals surface area contributed by atoms with Crippen LogP contribution in [0.1, 0.15) is 5.56 Å². The molecule has 2 nitrogen and oxygen atoms in total. The van der Waals surface area contributed by atoms with Crippen LogP contribution in [0.3, 0.4) is 0 Å². The highest BCUT2D eigenvalue weighted by Gasteiger charge is 2.43. The van der Waals surface area contributed by atoms with Gasteiger partial charge in [-0.15, -0.1) is 0 Å². The van der Waals surface area contributed by atoms with Gasteiger partial charge in [-0.05, 0) is 24.7 Å². The average molecular weight is 237 g/mol. The third kappa shape index (κ3) is 3.37. The van der Waals surface area contributed by atoms with E-state index in [1.165, 1.54) is 24.3 Å². The zero-order valence-corrected chi connectivity index (χ0v) is 8.51. The highest BCUT2D eigenvalue weighted by molar-refractivity contribution is 5.27. The third-order valence-electron chi connectivity index (χ3n) is 1.81. The molecule has 0 aliphatic carbocycles. The van der Waals surface area contributed by atoms with Crippen LogP contribution < -0.4 is 10.1 Å². The molecule has 0 bridgehead atoms. The first kappa shape index (κ1) is 12.8. The lowest BCUT2D eigenvalue weighted by Gasteiger charge is -2.16. The number of nitrogens with one attached hydrogen (secondary N) is 1. The van der Waals surface area contributed by atoms with Crippen LogP contribution in [0.5, 0.6) is 5.75 Å². The van der Waals surface area contributed by atoms with E-state index in [1.807, 2.05) is 0 Å². The summed E-state index contributed by atoms with van der Waals surface area (Å²) in [4.78, 5) is 0. The van der Waals surface area contributed by atoms with E-state index in [9.17, 15) is 17.6 Å². The Balaban J connectivity index is 2.68. The van der Waals surface area contributed by atoms with Crippen molar-refractivity contribution in [1.82, 2.24) is 5.32 Å². The van der Waals surface area contributed by atoms with Crippen molar-refractivity contribution >= 4 is 0 Å². The molecule has 0 aliphatic rings. The monoisotopic (exact) mass is 237 g/mol. The minimum Gasteiger partial charge on any atom is -0.428 e. The zero-order valence-electron chi connectivity index (χ0n) is 8.51. The molecule has 0 fully saturated rings. The van der Waals surface area contributed by atoms with E-state index in [0.717, 1.165) is 5.56 Å². The maximum Gasteiger partial charge on any atom is 0.461 e. The number of hydrogen-bond donors (Lipinski definition) is 1. The Labute approximate surface area is 90.2 Å². The van der Waals surface area contributed by atoms with Crippen molar-refractivity contribution in [3.8, 4) is 5.75 Å². The maximum atomic E-state index is 12.5. The van der Waals surface area contributed by atoms with Gasteiger partial charge in [0.25, 0.3) is 0 Å². The van der Waals surface area contributed by atoms with Crippen molar-refractivity contribution < 1.29 is 22.3 Å². The van der Waals surface area contributed by atoms with Gasteiger partial charge in [0, 0.05) is 6.54 Å². The van der Waals surface area contributed by atoms with Crippen LogP contribution in [0, 0.1) is 0 Å². The normalized spacial score (nSPS) is 11.9. The minimum absolute atomic E-state index is 0.287. The minimum atomic E-state index is -4.45. The topological polar surface area (TPSA) is 21.3 Å². The highest BCUT2D eigenvalue weighted by atomic mass is 19.3. The van der Waals surface area contributed by atoms with Crippen molar-refractivity contribution in [2.75, 3.05) is 7.05 Å². The van der Waals surface area contributed by atoms with Gasteiger partial charge in [0.05, 0.1) is 0 Å². The molecule has 0 spiro atoms. The molecule has 0 atom stereocenters. The molecular formula is C10H11F4NO. The summed E-state index contributed by atoms with van der Waals surface area (Å²) in [6, 6.07) is 5.49. The molecule has 0 aliphatic heterocycles. The van der Waals surface area contributed by atoms with Gasteiger partial charge in [0.1, 0.15) is 5.75 Å². The van der Waals surface area contributed by atoms with Crippen molar-refractivity contribution in [2.24, 2.45) is 0 Å². The summed E-state index contributed by atoms with van der Waals surface area (Å²) in [6.45, 7) is 0.561. The summed E-state index contributed by atoms with van der Waals surface area (Å²) in [5.74, 6) is -0.287. The lowest BCUT2D eigenvalue weighted by molar-refractivity contribution is -0.253. The molecule has 0 aromatic heterocycles. The predicted molar refractivity (Wildman–Crippen MR) is 50.8 cm³/mol. The molecule has 0 heterocycles. The highest BCUT2D eigenvalue weighted by Crippen LogP contribution is 2.27. The van der Waals surface area contributed by atoms with Gasteiger partial charge in [0.15, 0.2) is 0 Å². The third-order valence-corrected chi connectivity index (χ3v) is 1.81. The largest absolute Gasteiger partial charge is 0.461 e. The molecule has 0 amide bonds. The van der Waals surface area contributed by atoms with Crippen molar-refractivity contribution in [1.29, 1.82) is 0 Å². The van der Waals surface area contributed by atoms with Gasteiger partial charge >= 0.3 is 12.5 Å². The van der Waals surface area contributed by atoms with E-state index in [4.69, 9.17) is 0 Å². The fourth-order valence-corrected chi connectivity index (χ4v) is 1.08. The SMILES string of the molecule is CNCc1ccc(OC(F)(F)C(F)F)cc1. The van der Waals surface area contributed by atoms with E-state index < -0.39 is 12.5 Å². The second kappa shape index (κ2) is 5.16. The number of rotatable bonds is 5. The Morgan fingerprint density at radius 2 is 1.81 bits per heavy atom. The van der Waals surface area contributed by atoms with Crippen LogP contribution in [0.15, 0.2) is 24.3 Å². The van der Waals surface area contributed by atoms with E-state index in [-0.39, 0.29) is 5.75 Å². The van der Waals surface area contributed by atoms with Crippen LogP contribution in [0.2, 0.25) is 0 Å². The molecule has 1 aromatic carbocycles. The number of benzene rings is 1. The number of ether oxygens (including phenoxy) is 1. The van der Waals surface area contributed by atoms with E-state index in [1.54, 1.807) is 7.05 Å². The summed E-state index contributed by atoms with van der Waals surface area (Å²) in [7, 11) is 1.73. The number of alkyl halides is 4. The molecule has 1 N–H and O–H groups in total. The Morgan fingerprint density at radius 1 is 1.25 bits per heavy atom. The van der Waals surface area contributed by atoms with E-state index in [2.05, 4.69) is 10.1 Å². The zero-order chi connectivity index (χ0) is 12.2. The molecule has 0 saturated heterocycles. The van der Waals surface area contributed by atoms with Crippen LogP contribution >= 0.6 is 0 Å². The van der Waals surface area contributed by atoms with Crippen molar-refractivity contribution in [3.63, 3.8) is 0 Å². The smallest absolute Gasteiger partial charge is 0.428 e. The van der Waals surface area contributed by atoms with Crippen LogP contribution in [0.25, 0.3) is 0 Å². The maximum absolute atomic E-state index is 12.5. The van der Waals surface area contributed by atoms with Gasteiger partial charge in [-0.1, -0.05) is 12.1 Å². The molecule has 0 unspecified atom stereocenters. The first-order valence-electron chi connectivity index (χ1n) is 4.54. The number of halogens is 4. The van der Waals surface area contributed by atoms with Gasteiger partial charge in [-0.2, -0.15) is 17.6 Å². The van der Waals surface area contributed by atoms with Gasteiger partial charge in [-0.25, -0.2) is 0 Å². The van der Waals surface area contributed by atoms with E-state index in [0.29, 0.717) is 6.54 Å². The predicted octanol–water partition coefficient (Wildman–Crippen LogP) is 2.64. The lowest BCUT2D eigenvalue weighted by Crippen LogP contribution is -2.33. The van der Waals surface area contributed by atoms with Gasteiger partial charge in [-0.3, -0.25) is 0 Å². The molecular weight excluding hydrogens is 226 g/mol. The first-order valence-corrected chi connectivity index (χ1v) is 4.54. The summed E-state index contributed by atoms with van der Waals surface area (Å²) < 4.78 is 52.5. The molecule has 6 heteroatoms. The Morgan fingerprint density at radius 3 is 2.25 bits per heavy atom. The lowest BCUT2D eigenvalue weighted by atomic mass is 10.2. The fourth-order valence-electron chi connectivity index (χ4n) is 1.08. The summed E-state index contributed by atoms with van der Waals surface area (Å²) in [5, 5.41) is 2.86. The molecule has 1 aromatic rings. The quantitative estimate of drug-likeness (QED) is 0.795. The summed E-state index contributed by atoms with van der Waals surface area (Å²) >= 11 is 0. The Hall–Kier alpha value is -1.30. The molecule has 1 rings (SSSR count). The standard InChI is InChI=1S/C10H11F4NO/c1-15-6-7-2-4-8(5-3-7)16-10(13,14)9(11)12/h2-5,9,15H,6H2,1H3. The molecule has 90 valence electrons. The van der Waals surface area contributed by atoms with Crippen LogP contribution in [-0.4, -0.2) is 19.6 Å². The summed E-state index contributed by atoms with van der Waals surface area (Å²) in [5.41, 5.74) is 0.843. The van der Waals surface area contributed by atoms with Gasteiger partial charge in [0.2, 0.25) is 0 Å². The average Bonchev–Trinajstić information content (AvgIpc) is 2.21. The molecule has 0 radical (unpaired) electrons. The fraction of sp³-hybridized carbons (Fsp3) is 0.400. The van der Waals surface area contributed by atoms with Crippen molar-refractivity contribution in [2.45, 2.75) is 19.1 Å². The van der Waals surface area contributed by atoms with Gasteiger partial charge < -0.3 is 10.1 Å².